The molecule has 0 spiro atoms. The van der Waals surface area contributed by atoms with Crippen LogP contribution < -0.4 is 15.4 Å². The van der Waals surface area contributed by atoms with E-state index in [9.17, 15) is 8.42 Å². The normalized spacial score (nSPS) is 15.9. The molecule has 0 saturated carbocycles. The zero-order valence-electron chi connectivity index (χ0n) is 12.2. The molecule has 2 aromatic rings. The molecule has 2 heterocycles. The summed E-state index contributed by atoms with van der Waals surface area (Å²) in [6.45, 7) is 6.35. The lowest BCUT2D eigenvalue weighted by atomic mass is 10.2. The van der Waals surface area contributed by atoms with E-state index in [0.717, 1.165) is 0 Å². The number of nitrogens with zero attached hydrogens (tertiary/aromatic N) is 2. The molecule has 1 aliphatic rings. The number of anilines is 2. The highest BCUT2D eigenvalue weighted by Crippen LogP contribution is 2.43. The minimum absolute atomic E-state index is 0.0161. The van der Waals surface area contributed by atoms with Crippen LogP contribution in [0.15, 0.2) is 38.7 Å². The number of para-hydroxylation sites is 1. The fourth-order valence-corrected chi connectivity index (χ4v) is 4.20. The third-order valence-corrected chi connectivity index (χ3v) is 5.28. The van der Waals surface area contributed by atoms with E-state index in [0.29, 0.717) is 23.9 Å². The molecule has 112 valence electrons. The van der Waals surface area contributed by atoms with Crippen LogP contribution in [0.4, 0.5) is 11.5 Å². The summed E-state index contributed by atoms with van der Waals surface area (Å²) in [5.74, 6) is 6.90. The van der Waals surface area contributed by atoms with E-state index in [4.69, 9.17) is 10.3 Å². The van der Waals surface area contributed by atoms with Crippen LogP contribution in [-0.2, 0) is 9.84 Å². The molecule has 1 aliphatic heterocycles. The summed E-state index contributed by atoms with van der Waals surface area (Å²) in [4.78, 5) is 2.12. The Morgan fingerprint density at radius 1 is 1.33 bits per heavy atom. The van der Waals surface area contributed by atoms with Crippen LogP contribution in [0, 0.1) is 0 Å². The average molecular weight is 308 g/mol. The van der Waals surface area contributed by atoms with Crippen LogP contribution in [0.25, 0.3) is 0 Å². The predicted octanol–water partition coefficient (Wildman–Crippen LogP) is 1.71. The first-order valence-corrected chi connectivity index (χ1v) is 8.33. The predicted molar refractivity (Wildman–Crippen MR) is 77.7 cm³/mol. The zero-order valence-corrected chi connectivity index (χ0v) is 13.0. The number of nitrogen functional groups attached to an aromatic ring is 1. The largest absolute Gasteiger partial charge is 0.404 e. The van der Waals surface area contributed by atoms with Gasteiger partial charge in [-0.2, -0.15) is 0 Å². The number of fused-ring (bicyclic) bond motifs is 2. The molecule has 0 atom stereocenters. The average Bonchev–Trinajstić information content (AvgIpc) is 2.79. The van der Waals surface area contributed by atoms with Crippen LogP contribution in [0.2, 0.25) is 0 Å². The van der Waals surface area contributed by atoms with Crippen molar-refractivity contribution in [2.75, 3.05) is 17.3 Å². The molecule has 1 aromatic heterocycles. The Kier molecular flexibility index (Phi) is 2.98. The first kappa shape index (κ1) is 13.9. The Balaban J connectivity index is 2.39. The Morgan fingerprint density at radius 2 is 2.00 bits per heavy atom. The van der Waals surface area contributed by atoms with Gasteiger partial charge in [-0.05, 0) is 19.1 Å². The van der Waals surface area contributed by atoms with E-state index in [1.165, 1.54) is 4.68 Å². The van der Waals surface area contributed by atoms with Gasteiger partial charge in [0.15, 0.2) is 0 Å². The molecule has 0 bridgehead atoms. The fourth-order valence-electron chi connectivity index (χ4n) is 2.65. The Labute approximate surface area is 123 Å². The Morgan fingerprint density at radius 3 is 2.62 bits per heavy atom. The van der Waals surface area contributed by atoms with E-state index in [1.54, 1.807) is 18.2 Å². The number of rotatable bonds is 2. The standard InChI is InChI=1S/C14H18N3O3S/c1-4-16-10-7-5-6-8-11(10)21(18,19)14-12(16)17(15)13(20-14)9(2)3/h5-9H,4,15H2,1-3H3/q+1. The maximum absolute atomic E-state index is 12.8. The lowest BCUT2D eigenvalue weighted by Gasteiger charge is -2.21. The monoisotopic (exact) mass is 308 g/mol. The molecule has 0 amide bonds. The summed E-state index contributed by atoms with van der Waals surface area (Å²) in [5, 5.41) is -0.0748. The molecule has 21 heavy (non-hydrogen) atoms. The van der Waals surface area contributed by atoms with E-state index >= 15 is 0 Å². The van der Waals surface area contributed by atoms with Crippen molar-refractivity contribution in [1.82, 2.24) is 0 Å². The summed E-state index contributed by atoms with van der Waals surface area (Å²) in [5.41, 5.74) is 0.628. The minimum atomic E-state index is -3.69. The van der Waals surface area contributed by atoms with E-state index in [-0.39, 0.29) is 15.9 Å². The van der Waals surface area contributed by atoms with Crippen molar-refractivity contribution in [3.8, 4) is 0 Å². The van der Waals surface area contributed by atoms with Crippen LogP contribution >= 0.6 is 0 Å². The molecule has 0 fully saturated rings. The Hall–Kier alpha value is -2.02. The number of oxazole rings is 1. The van der Waals surface area contributed by atoms with Crippen molar-refractivity contribution in [1.29, 1.82) is 0 Å². The van der Waals surface area contributed by atoms with Gasteiger partial charge in [0.25, 0.3) is 15.7 Å². The molecule has 0 aliphatic carbocycles. The van der Waals surface area contributed by atoms with Crippen LogP contribution in [0.5, 0.6) is 0 Å². The molecular formula is C14H18N3O3S+. The van der Waals surface area contributed by atoms with Crippen molar-refractivity contribution in [2.45, 2.75) is 36.7 Å². The van der Waals surface area contributed by atoms with Crippen molar-refractivity contribution in [2.24, 2.45) is 0 Å². The summed E-state index contributed by atoms with van der Waals surface area (Å²) in [6.07, 6.45) is 0. The Bertz CT molecular complexity index is 809. The fraction of sp³-hybridized carbons (Fsp3) is 0.357. The van der Waals surface area contributed by atoms with Crippen molar-refractivity contribution in [3.05, 3.63) is 30.2 Å². The molecule has 7 heteroatoms. The third-order valence-electron chi connectivity index (χ3n) is 3.60. The zero-order chi connectivity index (χ0) is 15.4. The molecule has 6 nitrogen and oxygen atoms in total. The maximum atomic E-state index is 12.8. The quantitative estimate of drug-likeness (QED) is 0.675. The van der Waals surface area contributed by atoms with E-state index in [1.807, 2.05) is 31.7 Å². The number of sulfone groups is 1. The molecule has 3 rings (SSSR count). The van der Waals surface area contributed by atoms with Crippen LogP contribution in [0.3, 0.4) is 0 Å². The highest BCUT2D eigenvalue weighted by atomic mass is 32.2. The van der Waals surface area contributed by atoms with Crippen molar-refractivity contribution < 1.29 is 17.5 Å². The van der Waals surface area contributed by atoms with Gasteiger partial charge < -0.3 is 4.42 Å². The lowest BCUT2D eigenvalue weighted by Crippen LogP contribution is -2.51. The van der Waals surface area contributed by atoms with Gasteiger partial charge in [-0.15, -0.1) is 0 Å². The van der Waals surface area contributed by atoms with Crippen LogP contribution in [-0.4, -0.2) is 15.0 Å². The van der Waals surface area contributed by atoms with Gasteiger partial charge in [-0.3, -0.25) is 5.84 Å². The number of hydrogen-bond donors (Lipinski definition) is 1. The summed E-state index contributed by atoms with van der Waals surface area (Å²) in [6, 6.07) is 6.89. The minimum Gasteiger partial charge on any atom is -0.404 e. The van der Waals surface area contributed by atoms with Crippen molar-refractivity contribution >= 4 is 21.3 Å². The lowest BCUT2D eigenvalue weighted by molar-refractivity contribution is -0.640. The highest BCUT2D eigenvalue weighted by molar-refractivity contribution is 7.91. The van der Waals surface area contributed by atoms with Gasteiger partial charge >= 0.3 is 10.9 Å². The number of hydrogen-bond acceptors (Lipinski definition) is 5. The number of benzene rings is 1. The topological polar surface area (TPSA) is 80.4 Å². The second-order valence-electron chi connectivity index (χ2n) is 5.29. The summed E-state index contributed by atoms with van der Waals surface area (Å²) >= 11 is 0. The molecule has 0 saturated heterocycles. The van der Waals surface area contributed by atoms with Gasteiger partial charge in [0.05, 0.1) is 12.5 Å². The molecule has 1 aromatic carbocycles. The van der Waals surface area contributed by atoms with Gasteiger partial charge in [-0.1, -0.05) is 30.7 Å². The maximum Gasteiger partial charge on any atom is 0.364 e. The van der Waals surface area contributed by atoms with E-state index in [2.05, 4.69) is 0 Å². The number of aromatic nitrogens is 1. The van der Waals surface area contributed by atoms with Gasteiger partial charge in [0.2, 0.25) is 0 Å². The van der Waals surface area contributed by atoms with Crippen LogP contribution in [0.1, 0.15) is 32.6 Å². The first-order valence-electron chi connectivity index (χ1n) is 6.85. The molecule has 0 unspecified atom stereocenters. The van der Waals surface area contributed by atoms with Gasteiger partial charge in [0.1, 0.15) is 10.6 Å². The van der Waals surface area contributed by atoms with E-state index < -0.39 is 9.84 Å². The SMILES string of the molecule is CCN1c2ccccc2S(=O)(=O)c2oc(C(C)C)[n+](N)c21. The molecule has 2 N–H and O–H groups in total. The molecule has 0 radical (unpaired) electrons. The van der Waals surface area contributed by atoms with Gasteiger partial charge in [0, 0.05) is 0 Å². The summed E-state index contributed by atoms with van der Waals surface area (Å²) < 4.78 is 32.5. The second kappa shape index (κ2) is 4.49. The van der Waals surface area contributed by atoms with Gasteiger partial charge in [-0.25, -0.2) is 13.3 Å². The highest BCUT2D eigenvalue weighted by Gasteiger charge is 2.47. The summed E-state index contributed by atoms with van der Waals surface area (Å²) in [7, 11) is -3.69. The smallest absolute Gasteiger partial charge is 0.364 e. The third kappa shape index (κ3) is 1.77. The number of nitrogens with two attached hydrogens (primary N) is 1. The first-order chi connectivity index (χ1) is 9.89. The second-order valence-corrected chi connectivity index (χ2v) is 7.11. The van der Waals surface area contributed by atoms with Crippen molar-refractivity contribution in [3.63, 3.8) is 0 Å². The molecular weight excluding hydrogens is 290 g/mol.